The zero-order valence-electron chi connectivity index (χ0n) is 8.14. The average molecular weight is 244 g/mol. The lowest BCUT2D eigenvalue weighted by Gasteiger charge is -2.45. The lowest BCUT2D eigenvalue weighted by Crippen LogP contribution is -2.40. The zero-order chi connectivity index (χ0) is 8.89. The van der Waals surface area contributed by atoms with E-state index in [2.05, 4.69) is 20.8 Å². The summed E-state index contributed by atoms with van der Waals surface area (Å²) in [5.41, 5.74) is 0.779. The van der Waals surface area contributed by atoms with Crippen LogP contribution in [0.3, 0.4) is 0 Å². The Hall–Kier alpha value is 0.440. The van der Waals surface area contributed by atoms with E-state index in [9.17, 15) is 0 Å². The molecule has 74 valence electrons. The molecular formula is C11H18BrN. The summed E-state index contributed by atoms with van der Waals surface area (Å²) in [6, 6.07) is 1.00. The van der Waals surface area contributed by atoms with Crippen molar-refractivity contribution in [2.24, 2.45) is 11.3 Å². The first kappa shape index (κ1) is 8.72. The van der Waals surface area contributed by atoms with Crippen molar-refractivity contribution in [1.82, 2.24) is 4.90 Å². The van der Waals surface area contributed by atoms with Gasteiger partial charge in [-0.15, -0.1) is 0 Å². The van der Waals surface area contributed by atoms with Gasteiger partial charge in [0.05, 0.1) is 0 Å². The van der Waals surface area contributed by atoms with Crippen molar-refractivity contribution in [3.63, 3.8) is 0 Å². The Kier molecular flexibility index (Phi) is 1.99. The standard InChI is InChI=1S/C11H18BrN/c12-7-9-5-11(6-9)3-4-13(8-11)10-1-2-10/h9-10H,1-8H2. The highest BCUT2D eigenvalue weighted by molar-refractivity contribution is 9.09. The van der Waals surface area contributed by atoms with Gasteiger partial charge in [0.2, 0.25) is 0 Å². The van der Waals surface area contributed by atoms with Gasteiger partial charge in [0, 0.05) is 17.9 Å². The number of hydrogen-bond acceptors (Lipinski definition) is 1. The van der Waals surface area contributed by atoms with Gasteiger partial charge in [0.25, 0.3) is 0 Å². The van der Waals surface area contributed by atoms with Crippen LogP contribution in [-0.2, 0) is 0 Å². The summed E-state index contributed by atoms with van der Waals surface area (Å²) in [4.78, 5) is 2.75. The first-order chi connectivity index (χ1) is 6.31. The van der Waals surface area contributed by atoms with E-state index in [4.69, 9.17) is 0 Å². The lowest BCUT2D eigenvalue weighted by atomic mass is 9.62. The number of rotatable bonds is 2. The average Bonchev–Trinajstić information content (AvgIpc) is 2.82. The number of likely N-dealkylation sites (tertiary alicyclic amines) is 1. The fourth-order valence-corrected chi connectivity index (χ4v) is 3.79. The highest BCUT2D eigenvalue weighted by Gasteiger charge is 2.49. The third-order valence-electron chi connectivity index (χ3n) is 4.19. The Morgan fingerprint density at radius 2 is 2.08 bits per heavy atom. The van der Waals surface area contributed by atoms with E-state index in [-0.39, 0.29) is 0 Å². The summed E-state index contributed by atoms with van der Waals surface area (Å²) < 4.78 is 0. The molecule has 1 saturated heterocycles. The van der Waals surface area contributed by atoms with Gasteiger partial charge in [-0.05, 0) is 50.0 Å². The van der Waals surface area contributed by atoms with Crippen LogP contribution in [0.1, 0.15) is 32.1 Å². The molecule has 13 heavy (non-hydrogen) atoms. The fourth-order valence-electron chi connectivity index (χ4n) is 3.33. The Labute approximate surface area is 89.0 Å². The van der Waals surface area contributed by atoms with Crippen LogP contribution < -0.4 is 0 Å². The molecule has 0 aromatic carbocycles. The fraction of sp³-hybridized carbons (Fsp3) is 1.00. The van der Waals surface area contributed by atoms with E-state index in [1.54, 1.807) is 0 Å². The van der Waals surface area contributed by atoms with E-state index in [1.165, 1.54) is 50.5 Å². The van der Waals surface area contributed by atoms with Crippen LogP contribution in [0.15, 0.2) is 0 Å². The summed E-state index contributed by atoms with van der Waals surface area (Å²) in [6.07, 6.45) is 7.46. The van der Waals surface area contributed by atoms with Crippen molar-refractivity contribution in [3.8, 4) is 0 Å². The van der Waals surface area contributed by atoms with Crippen LogP contribution >= 0.6 is 15.9 Å². The maximum Gasteiger partial charge on any atom is 0.00966 e. The molecule has 0 radical (unpaired) electrons. The van der Waals surface area contributed by atoms with Gasteiger partial charge in [-0.3, -0.25) is 4.90 Å². The summed E-state index contributed by atoms with van der Waals surface area (Å²) in [7, 11) is 0. The number of alkyl halides is 1. The van der Waals surface area contributed by atoms with Crippen LogP contribution in [-0.4, -0.2) is 29.4 Å². The molecule has 0 atom stereocenters. The first-order valence-electron chi connectivity index (χ1n) is 5.61. The molecule has 0 N–H and O–H groups in total. The van der Waals surface area contributed by atoms with Gasteiger partial charge in [-0.1, -0.05) is 15.9 Å². The SMILES string of the molecule is BrCC1CC2(CCN(C3CC3)C2)C1. The van der Waals surface area contributed by atoms with Gasteiger partial charge in [0.15, 0.2) is 0 Å². The largest absolute Gasteiger partial charge is 0.300 e. The van der Waals surface area contributed by atoms with E-state index in [0.717, 1.165) is 17.4 Å². The van der Waals surface area contributed by atoms with E-state index < -0.39 is 0 Å². The minimum absolute atomic E-state index is 0.779. The summed E-state index contributed by atoms with van der Waals surface area (Å²) in [6.45, 7) is 2.83. The van der Waals surface area contributed by atoms with E-state index in [1.807, 2.05) is 0 Å². The second kappa shape index (κ2) is 2.96. The number of hydrogen-bond donors (Lipinski definition) is 0. The highest BCUT2D eigenvalue weighted by atomic mass is 79.9. The number of halogens is 1. The van der Waals surface area contributed by atoms with Crippen molar-refractivity contribution in [2.75, 3.05) is 18.4 Å². The maximum atomic E-state index is 3.60. The topological polar surface area (TPSA) is 3.24 Å². The molecule has 0 aromatic heterocycles. The summed E-state index contributed by atoms with van der Waals surface area (Å²) in [5, 5.41) is 1.23. The minimum Gasteiger partial charge on any atom is -0.300 e. The predicted molar refractivity (Wildman–Crippen MR) is 58.2 cm³/mol. The van der Waals surface area contributed by atoms with Gasteiger partial charge < -0.3 is 0 Å². The Bertz CT molecular complexity index is 206. The van der Waals surface area contributed by atoms with E-state index >= 15 is 0 Å². The van der Waals surface area contributed by atoms with Gasteiger partial charge >= 0.3 is 0 Å². The van der Waals surface area contributed by atoms with Crippen molar-refractivity contribution in [1.29, 1.82) is 0 Å². The maximum absolute atomic E-state index is 3.60. The molecule has 2 heteroatoms. The molecule has 0 aromatic rings. The van der Waals surface area contributed by atoms with Gasteiger partial charge in [-0.25, -0.2) is 0 Å². The smallest absolute Gasteiger partial charge is 0.00966 e. The first-order valence-corrected chi connectivity index (χ1v) is 6.73. The van der Waals surface area contributed by atoms with Crippen LogP contribution in [0.25, 0.3) is 0 Å². The normalized spacial score (nSPS) is 45.5. The van der Waals surface area contributed by atoms with Crippen molar-refractivity contribution < 1.29 is 0 Å². The molecule has 3 rings (SSSR count). The lowest BCUT2D eigenvalue weighted by molar-refractivity contribution is 0.0773. The van der Waals surface area contributed by atoms with Crippen molar-refractivity contribution in [3.05, 3.63) is 0 Å². The molecule has 1 aliphatic heterocycles. The molecule has 3 fully saturated rings. The monoisotopic (exact) mass is 243 g/mol. The van der Waals surface area contributed by atoms with Crippen LogP contribution in [0.4, 0.5) is 0 Å². The van der Waals surface area contributed by atoms with Crippen LogP contribution in [0, 0.1) is 11.3 Å². The molecule has 2 saturated carbocycles. The molecule has 0 bridgehead atoms. The van der Waals surface area contributed by atoms with Gasteiger partial charge in [-0.2, -0.15) is 0 Å². The third-order valence-corrected chi connectivity index (χ3v) is 5.11. The highest BCUT2D eigenvalue weighted by Crippen LogP contribution is 2.53. The molecule has 1 heterocycles. The summed E-state index contributed by atoms with van der Waals surface area (Å²) in [5.74, 6) is 0.999. The molecule has 3 aliphatic rings. The molecule has 1 spiro atoms. The zero-order valence-corrected chi connectivity index (χ0v) is 9.72. The van der Waals surface area contributed by atoms with Crippen molar-refractivity contribution >= 4 is 15.9 Å². The Morgan fingerprint density at radius 3 is 2.69 bits per heavy atom. The molecule has 2 aliphatic carbocycles. The molecule has 0 amide bonds. The second-order valence-electron chi connectivity index (χ2n) is 5.38. The predicted octanol–water partition coefficient (Wildman–Crippen LogP) is 2.65. The van der Waals surface area contributed by atoms with Crippen molar-refractivity contribution in [2.45, 2.75) is 38.1 Å². The quantitative estimate of drug-likeness (QED) is 0.675. The van der Waals surface area contributed by atoms with Gasteiger partial charge in [0.1, 0.15) is 0 Å². The number of nitrogens with zero attached hydrogens (tertiary/aromatic N) is 1. The Morgan fingerprint density at radius 1 is 1.31 bits per heavy atom. The molecule has 1 nitrogen and oxygen atoms in total. The third kappa shape index (κ3) is 1.46. The second-order valence-corrected chi connectivity index (χ2v) is 6.03. The van der Waals surface area contributed by atoms with Crippen LogP contribution in [0.2, 0.25) is 0 Å². The molecule has 0 unspecified atom stereocenters. The Balaban J connectivity index is 1.57. The minimum atomic E-state index is 0.779. The molecular weight excluding hydrogens is 226 g/mol. The summed E-state index contributed by atoms with van der Waals surface area (Å²) >= 11 is 3.60. The van der Waals surface area contributed by atoms with E-state index in [0.29, 0.717) is 0 Å². The van der Waals surface area contributed by atoms with Crippen LogP contribution in [0.5, 0.6) is 0 Å².